The fourth-order valence-electron chi connectivity index (χ4n) is 4.72. The lowest BCUT2D eigenvalue weighted by Gasteiger charge is -2.36. The van der Waals surface area contributed by atoms with Crippen molar-refractivity contribution in [3.8, 4) is 0 Å². The molecule has 0 saturated carbocycles. The molecule has 31 heavy (non-hydrogen) atoms. The van der Waals surface area contributed by atoms with Crippen LogP contribution < -0.4 is 0 Å². The van der Waals surface area contributed by atoms with Gasteiger partial charge in [0.15, 0.2) is 0 Å². The molecule has 0 N–H and O–H groups in total. The molecule has 0 aliphatic carbocycles. The van der Waals surface area contributed by atoms with E-state index in [1.54, 1.807) is 5.56 Å². The molecule has 0 aliphatic heterocycles. The molecule has 0 fully saturated rings. The molecule has 0 aliphatic rings. The minimum absolute atomic E-state index is 0.106. The van der Waals surface area contributed by atoms with Crippen molar-refractivity contribution in [3.63, 3.8) is 0 Å². The van der Waals surface area contributed by atoms with Gasteiger partial charge in [0, 0.05) is 0 Å². The summed E-state index contributed by atoms with van der Waals surface area (Å²) >= 11 is 0. The zero-order chi connectivity index (χ0) is 24.0. The number of rotatable bonds is 3. The Kier molecular flexibility index (Phi) is 6.98. The maximum absolute atomic E-state index is 2.51. The highest BCUT2D eigenvalue weighted by Gasteiger charge is 2.31. The van der Waals surface area contributed by atoms with E-state index in [0.29, 0.717) is 5.92 Å². The van der Waals surface area contributed by atoms with E-state index in [1.165, 1.54) is 27.8 Å². The van der Waals surface area contributed by atoms with Crippen LogP contribution in [0, 0.1) is 0 Å². The van der Waals surface area contributed by atoms with Gasteiger partial charge in [-0.25, -0.2) is 0 Å². The Bertz CT molecular complexity index is 864. The van der Waals surface area contributed by atoms with E-state index in [2.05, 4.69) is 126 Å². The Labute approximate surface area is 193 Å². The molecule has 172 valence electrons. The molecule has 0 amide bonds. The lowest BCUT2D eigenvalue weighted by atomic mass is 9.69. The van der Waals surface area contributed by atoms with Crippen LogP contribution in [0.25, 0.3) is 0 Å². The van der Waals surface area contributed by atoms with Gasteiger partial charge in [0.1, 0.15) is 0 Å². The summed E-state index contributed by atoms with van der Waals surface area (Å²) in [7, 11) is 0. The SMILES string of the molecule is CC(Cc1ccccc1C(C)(C)C)c1c(C(C)(C)C)cc(C(C)(C)C)cc1C(C)(C)C. The van der Waals surface area contributed by atoms with Crippen molar-refractivity contribution in [2.45, 2.75) is 124 Å². The smallest absolute Gasteiger partial charge is 0.0129 e. The van der Waals surface area contributed by atoms with Gasteiger partial charge in [0.2, 0.25) is 0 Å². The fraction of sp³-hybridized carbons (Fsp3) is 0.613. The lowest BCUT2D eigenvalue weighted by Crippen LogP contribution is -2.26. The normalized spacial score (nSPS) is 14.6. The van der Waals surface area contributed by atoms with Crippen molar-refractivity contribution >= 4 is 0 Å². The third-order valence-corrected chi connectivity index (χ3v) is 6.51. The second-order valence-corrected chi connectivity index (χ2v) is 13.7. The van der Waals surface area contributed by atoms with Crippen LogP contribution in [0.15, 0.2) is 36.4 Å². The molecule has 0 heteroatoms. The van der Waals surface area contributed by atoms with E-state index in [9.17, 15) is 0 Å². The second kappa shape index (κ2) is 8.42. The minimum Gasteiger partial charge on any atom is -0.0620 e. The molecule has 2 rings (SSSR count). The van der Waals surface area contributed by atoms with Crippen LogP contribution >= 0.6 is 0 Å². The van der Waals surface area contributed by atoms with Crippen molar-refractivity contribution in [2.75, 3.05) is 0 Å². The van der Waals surface area contributed by atoms with Gasteiger partial charge >= 0.3 is 0 Å². The maximum Gasteiger partial charge on any atom is -0.0129 e. The maximum atomic E-state index is 2.51. The third kappa shape index (κ3) is 6.03. The molecule has 0 radical (unpaired) electrons. The summed E-state index contributed by atoms with van der Waals surface area (Å²) in [5.74, 6) is 0.459. The van der Waals surface area contributed by atoms with E-state index >= 15 is 0 Å². The topological polar surface area (TPSA) is 0 Å². The molecule has 1 atom stereocenters. The van der Waals surface area contributed by atoms with Crippen LogP contribution in [-0.2, 0) is 28.1 Å². The summed E-state index contributed by atoms with van der Waals surface area (Å²) in [6.45, 7) is 30.7. The van der Waals surface area contributed by atoms with Gasteiger partial charge in [0.25, 0.3) is 0 Å². The van der Waals surface area contributed by atoms with Gasteiger partial charge in [0.05, 0.1) is 0 Å². The van der Waals surface area contributed by atoms with Crippen LogP contribution in [0.2, 0.25) is 0 Å². The fourth-order valence-corrected chi connectivity index (χ4v) is 4.72. The predicted octanol–water partition coefficient (Wildman–Crippen LogP) is 9.22. The Morgan fingerprint density at radius 1 is 0.581 bits per heavy atom. The first-order valence-corrected chi connectivity index (χ1v) is 12.1. The molecular formula is C31H48. The number of benzene rings is 2. The molecule has 2 aromatic rings. The highest BCUT2D eigenvalue weighted by molar-refractivity contribution is 5.50. The van der Waals surface area contributed by atoms with Crippen LogP contribution in [-0.4, -0.2) is 0 Å². The summed E-state index contributed by atoms with van der Waals surface area (Å²) in [6, 6.07) is 14.1. The van der Waals surface area contributed by atoms with Crippen molar-refractivity contribution in [3.05, 3.63) is 69.8 Å². The molecule has 0 heterocycles. The standard InChI is InChI=1S/C31H48/c1-21(18-22-16-14-15-17-24(22)29(5,6)7)27-25(30(8,9)10)19-23(28(2,3)4)20-26(27)31(11,12)13/h14-17,19-21H,18H2,1-13H3. The summed E-state index contributed by atoms with van der Waals surface area (Å²) in [5, 5.41) is 0. The zero-order valence-electron chi connectivity index (χ0n) is 22.7. The zero-order valence-corrected chi connectivity index (χ0v) is 22.7. The monoisotopic (exact) mass is 420 g/mol. The Hall–Kier alpha value is -1.56. The van der Waals surface area contributed by atoms with Crippen LogP contribution in [0.1, 0.15) is 129 Å². The van der Waals surface area contributed by atoms with Crippen molar-refractivity contribution in [2.24, 2.45) is 0 Å². The lowest BCUT2D eigenvalue weighted by molar-refractivity contribution is 0.524. The van der Waals surface area contributed by atoms with Crippen molar-refractivity contribution in [1.82, 2.24) is 0 Å². The highest BCUT2D eigenvalue weighted by Crippen LogP contribution is 2.42. The van der Waals surface area contributed by atoms with E-state index in [4.69, 9.17) is 0 Å². The van der Waals surface area contributed by atoms with Crippen molar-refractivity contribution in [1.29, 1.82) is 0 Å². The number of hydrogen-bond acceptors (Lipinski definition) is 0. The predicted molar refractivity (Wildman–Crippen MR) is 140 cm³/mol. The van der Waals surface area contributed by atoms with E-state index in [0.717, 1.165) is 6.42 Å². The minimum atomic E-state index is 0.106. The van der Waals surface area contributed by atoms with Gasteiger partial charge in [-0.2, -0.15) is 0 Å². The second-order valence-electron chi connectivity index (χ2n) is 13.7. The average Bonchev–Trinajstić information content (AvgIpc) is 2.57. The van der Waals surface area contributed by atoms with Gasteiger partial charge in [-0.05, 0) is 67.4 Å². The number of hydrogen-bond donors (Lipinski definition) is 0. The third-order valence-electron chi connectivity index (χ3n) is 6.51. The van der Waals surface area contributed by atoms with Crippen LogP contribution in [0.4, 0.5) is 0 Å². The quantitative estimate of drug-likeness (QED) is 0.464. The first kappa shape index (κ1) is 25.7. The molecule has 1 unspecified atom stereocenters. The largest absolute Gasteiger partial charge is 0.0620 e. The van der Waals surface area contributed by atoms with Crippen LogP contribution in [0.3, 0.4) is 0 Å². The van der Waals surface area contributed by atoms with Crippen molar-refractivity contribution < 1.29 is 0 Å². The molecule has 0 saturated heterocycles. The van der Waals surface area contributed by atoms with Crippen LogP contribution in [0.5, 0.6) is 0 Å². The first-order chi connectivity index (χ1) is 13.8. The summed E-state index contributed by atoms with van der Waals surface area (Å²) in [5.41, 5.74) is 9.53. The molecule has 0 spiro atoms. The Morgan fingerprint density at radius 2 is 1.00 bits per heavy atom. The Balaban J connectivity index is 2.75. The van der Waals surface area contributed by atoms with E-state index < -0.39 is 0 Å². The summed E-state index contributed by atoms with van der Waals surface area (Å²) < 4.78 is 0. The van der Waals surface area contributed by atoms with Gasteiger partial charge in [-0.3, -0.25) is 0 Å². The molecule has 0 aromatic heterocycles. The molecule has 0 bridgehead atoms. The van der Waals surface area contributed by atoms with Gasteiger partial charge in [-0.15, -0.1) is 0 Å². The Morgan fingerprint density at radius 3 is 1.39 bits per heavy atom. The molecule has 2 aromatic carbocycles. The summed E-state index contributed by atoms with van der Waals surface area (Å²) in [4.78, 5) is 0. The van der Waals surface area contributed by atoms with E-state index in [-0.39, 0.29) is 21.7 Å². The highest BCUT2D eigenvalue weighted by atomic mass is 14.4. The molecule has 0 nitrogen and oxygen atoms in total. The molecular weight excluding hydrogens is 372 g/mol. The van der Waals surface area contributed by atoms with E-state index in [1.807, 2.05) is 0 Å². The average molecular weight is 421 g/mol. The summed E-state index contributed by atoms with van der Waals surface area (Å²) in [6.07, 6.45) is 1.08. The first-order valence-electron chi connectivity index (χ1n) is 12.1. The van der Waals surface area contributed by atoms with Gasteiger partial charge < -0.3 is 0 Å². The van der Waals surface area contributed by atoms with Gasteiger partial charge in [-0.1, -0.05) is 126 Å².